The van der Waals surface area contributed by atoms with E-state index >= 15 is 0 Å². The molecule has 6 heteroatoms. The van der Waals surface area contributed by atoms with Gasteiger partial charge in [-0.3, -0.25) is 9.88 Å². The summed E-state index contributed by atoms with van der Waals surface area (Å²) in [6.07, 6.45) is 1.52. The molecule has 1 aromatic heterocycles. The molecule has 0 atom stereocenters. The topological polar surface area (TPSA) is 59.8 Å². The normalized spacial score (nSPS) is 17.1. The predicted octanol–water partition coefficient (Wildman–Crippen LogP) is -0.400. The van der Waals surface area contributed by atoms with Crippen molar-refractivity contribution in [3.8, 4) is 0 Å². The summed E-state index contributed by atoms with van der Waals surface area (Å²) in [6.45, 7) is 10.3. The van der Waals surface area contributed by atoms with Crippen LogP contribution in [-0.4, -0.2) is 59.3 Å². The Bertz CT molecular complexity index is 432. The van der Waals surface area contributed by atoms with Crippen LogP contribution in [0.1, 0.15) is 19.5 Å². The molecule has 1 aliphatic rings. The quantitative estimate of drug-likeness (QED) is 0.727. The summed E-state index contributed by atoms with van der Waals surface area (Å²) in [6, 6.07) is 2.41. The first-order valence-corrected chi connectivity index (χ1v) is 6.80. The van der Waals surface area contributed by atoms with Crippen molar-refractivity contribution in [1.82, 2.24) is 9.88 Å². The SMILES string of the molecule is Cc1ncc(B(O)O)cc1N1CCN(C(C)C)CC1. The van der Waals surface area contributed by atoms with Crippen molar-refractivity contribution in [1.29, 1.82) is 0 Å². The minimum absolute atomic E-state index is 0.451. The summed E-state index contributed by atoms with van der Waals surface area (Å²) in [4.78, 5) is 8.97. The van der Waals surface area contributed by atoms with Crippen molar-refractivity contribution >= 4 is 18.3 Å². The molecule has 1 aromatic rings. The molecule has 1 aliphatic heterocycles. The van der Waals surface area contributed by atoms with E-state index < -0.39 is 7.12 Å². The fourth-order valence-electron chi connectivity index (χ4n) is 2.48. The minimum atomic E-state index is -1.45. The molecule has 1 saturated heterocycles. The van der Waals surface area contributed by atoms with Gasteiger partial charge in [-0.1, -0.05) is 0 Å². The molecule has 0 aliphatic carbocycles. The van der Waals surface area contributed by atoms with Crippen LogP contribution in [0.3, 0.4) is 0 Å². The number of piperazine rings is 1. The highest BCUT2D eigenvalue weighted by Gasteiger charge is 2.22. The van der Waals surface area contributed by atoms with Crippen LogP contribution in [0.25, 0.3) is 0 Å². The smallest absolute Gasteiger partial charge is 0.423 e. The second-order valence-electron chi connectivity index (χ2n) is 5.36. The van der Waals surface area contributed by atoms with Crippen LogP contribution in [0, 0.1) is 6.92 Å². The highest BCUT2D eigenvalue weighted by atomic mass is 16.4. The molecule has 0 amide bonds. The van der Waals surface area contributed by atoms with E-state index in [-0.39, 0.29) is 0 Å². The van der Waals surface area contributed by atoms with E-state index in [1.54, 1.807) is 0 Å². The van der Waals surface area contributed by atoms with E-state index in [0.717, 1.165) is 37.6 Å². The molecule has 2 N–H and O–H groups in total. The van der Waals surface area contributed by atoms with Crippen molar-refractivity contribution in [3.05, 3.63) is 18.0 Å². The molecule has 0 bridgehead atoms. The zero-order chi connectivity index (χ0) is 14.0. The van der Waals surface area contributed by atoms with Gasteiger partial charge < -0.3 is 14.9 Å². The van der Waals surface area contributed by atoms with Gasteiger partial charge in [-0.2, -0.15) is 0 Å². The van der Waals surface area contributed by atoms with Crippen molar-refractivity contribution in [2.75, 3.05) is 31.1 Å². The van der Waals surface area contributed by atoms with Crippen LogP contribution in [0.15, 0.2) is 12.3 Å². The maximum absolute atomic E-state index is 9.24. The van der Waals surface area contributed by atoms with Crippen LogP contribution < -0.4 is 10.4 Å². The lowest BCUT2D eigenvalue weighted by Crippen LogP contribution is -2.49. The molecule has 0 unspecified atom stereocenters. The number of pyridine rings is 1. The van der Waals surface area contributed by atoms with E-state index in [9.17, 15) is 10.0 Å². The fraction of sp³-hybridized carbons (Fsp3) is 0.615. The van der Waals surface area contributed by atoms with Crippen LogP contribution in [0.4, 0.5) is 5.69 Å². The Hall–Kier alpha value is -1.11. The third-order valence-corrected chi connectivity index (χ3v) is 3.76. The lowest BCUT2D eigenvalue weighted by atomic mass is 9.81. The van der Waals surface area contributed by atoms with Crippen molar-refractivity contribution in [2.24, 2.45) is 0 Å². The summed E-state index contributed by atoms with van der Waals surface area (Å²) in [7, 11) is -1.45. The number of anilines is 1. The minimum Gasteiger partial charge on any atom is -0.423 e. The third-order valence-electron chi connectivity index (χ3n) is 3.76. The first-order valence-electron chi connectivity index (χ1n) is 6.80. The highest BCUT2D eigenvalue weighted by molar-refractivity contribution is 6.58. The van der Waals surface area contributed by atoms with Crippen molar-refractivity contribution in [3.63, 3.8) is 0 Å². The molecule has 0 radical (unpaired) electrons. The van der Waals surface area contributed by atoms with Gasteiger partial charge in [0, 0.05) is 43.9 Å². The maximum atomic E-state index is 9.24. The first kappa shape index (κ1) is 14.3. The van der Waals surface area contributed by atoms with Crippen LogP contribution in [0.5, 0.6) is 0 Å². The number of hydrogen-bond acceptors (Lipinski definition) is 5. The molecule has 0 spiro atoms. The Morgan fingerprint density at radius 1 is 1.21 bits per heavy atom. The van der Waals surface area contributed by atoms with Crippen molar-refractivity contribution in [2.45, 2.75) is 26.8 Å². The Labute approximate surface area is 115 Å². The van der Waals surface area contributed by atoms with Crippen LogP contribution >= 0.6 is 0 Å². The van der Waals surface area contributed by atoms with Gasteiger partial charge in [-0.15, -0.1) is 0 Å². The van der Waals surface area contributed by atoms with Crippen LogP contribution in [-0.2, 0) is 0 Å². The van der Waals surface area contributed by atoms with Gasteiger partial charge >= 0.3 is 7.12 Å². The number of hydrogen-bond donors (Lipinski definition) is 2. The summed E-state index contributed by atoms with van der Waals surface area (Å²) in [5.41, 5.74) is 2.39. The van der Waals surface area contributed by atoms with Gasteiger partial charge in [0.15, 0.2) is 0 Å². The van der Waals surface area contributed by atoms with Gasteiger partial charge in [-0.05, 0) is 26.8 Å². The average molecular weight is 263 g/mol. The first-order chi connectivity index (χ1) is 8.99. The Balaban J connectivity index is 2.12. The van der Waals surface area contributed by atoms with Gasteiger partial charge in [0.2, 0.25) is 0 Å². The van der Waals surface area contributed by atoms with Crippen LogP contribution in [0.2, 0.25) is 0 Å². The molecule has 2 rings (SSSR count). The fourth-order valence-corrected chi connectivity index (χ4v) is 2.48. The van der Waals surface area contributed by atoms with Gasteiger partial charge in [-0.25, -0.2) is 0 Å². The number of aromatic nitrogens is 1. The zero-order valence-corrected chi connectivity index (χ0v) is 11.9. The largest absolute Gasteiger partial charge is 0.490 e. The van der Waals surface area contributed by atoms with E-state index in [2.05, 4.69) is 28.6 Å². The standard InChI is InChI=1S/C13H22BN3O2/c1-10(2)16-4-6-17(7-5-16)13-8-12(14(18)19)9-15-11(13)3/h8-10,18-19H,4-7H2,1-3H3. The predicted molar refractivity (Wildman–Crippen MR) is 77.7 cm³/mol. The maximum Gasteiger partial charge on any atom is 0.490 e. The van der Waals surface area contributed by atoms with E-state index in [1.807, 2.05) is 13.0 Å². The monoisotopic (exact) mass is 263 g/mol. The molecule has 2 heterocycles. The summed E-state index contributed by atoms with van der Waals surface area (Å²) >= 11 is 0. The zero-order valence-electron chi connectivity index (χ0n) is 11.9. The lowest BCUT2D eigenvalue weighted by Gasteiger charge is -2.38. The molecule has 5 nitrogen and oxygen atoms in total. The van der Waals surface area contributed by atoms with Crippen molar-refractivity contribution < 1.29 is 10.0 Å². The number of nitrogens with zero attached hydrogens (tertiary/aromatic N) is 3. The van der Waals surface area contributed by atoms with Gasteiger partial charge in [0.25, 0.3) is 0 Å². The van der Waals surface area contributed by atoms with E-state index in [0.29, 0.717) is 11.5 Å². The summed E-state index contributed by atoms with van der Waals surface area (Å²) in [5, 5.41) is 18.5. The Morgan fingerprint density at radius 3 is 2.37 bits per heavy atom. The van der Waals surface area contributed by atoms with Gasteiger partial charge in [0.05, 0.1) is 11.4 Å². The average Bonchev–Trinajstić information content (AvgIpc) is 2.39. The number of aryl methyl sites for hydroxylation is 1. The van der Waals surface area contributed by atoms with E-state index in [4.69, 9.17) is 0 Å². The van der Waals surface area contributed by atoms with Gasteiger partial charge in [0.1, 0.15) is 0 Å². The third kappa shape index (κ3) is 3.26. The van der Waals surface area contributed by atoms with E-state index in [1.165, 1.54) is 6.20 Å². The molecule has 19 heavy (non-hydrogen) atoms. The second-order valence-corrected chi connectivity index (χ2v) is 5.36. The molecule has 0 saturated carbocycles. The highest BCUT2D eigenvalue weighted by Crippen LogP contribution is 2.19. The Kier molecular flexibility index (Phi) is 4.44. The summed E-state index contributed by atoms with van der Waals surface area (Å²) < 4.78 is 0. The summed E-state index contributed by atoms with van der Waals surface area (Å²) in [5.74, 6) is 0. The lowest BCUT2D eigenvalue weighted by molar-refractivity contribution is 0.209. The molecule has 104 valence electrons. The molecular formula is C13H22BN3O2. The molecular weight excluding hydrogens is 241 g/mol. The Morgan fingerprint density at radius 2 is 1.84 bits per heavy atom. The second kappa shape index (κ2) is 5.90. The molecule has 1 fully saturated rings. The molecule has 0 aromatic carbocycles. The number of rotatable bonds is 3.